The van der Waals surface area contributed by atoms with Crippen molar-refractivity contribution >= 4 is 32.5 Å². The summed E-state index contributed by atoms with van der Waals surface area (Å²) in [6.07, 6.45) is 0.607. The van der Waals surface area contributed by atoms with Gasteiger partial charge in [-0.05, 0) is 49.2 Å². The van der Waals surface area contributed by atoms with Gasteiger partial charge in [0.1, 0.15) is 5.58 Å². The maximum absolute atomic E-state index is 12.7. The van der Waals surface area contributed by atoms with Gasteiger partial charge in [-0.3, -0.25) is 9.10 Å². The number of hydrogen-bond donors (Lipinski definition) is 0. The number of nitrogens with zero attached hydrogens (tertiary/aromatic N) is 1. The summed E-state index contributed by atoms with van der Waals surface area (Å²) in [6.45, 7) is 2.06. The van der Waals surface area contributed by atoms with Crippen LogP contribution in [0, 0.1) is 0 Å². The van der Waals surface area contributed by atoms with E-state index < -0.39 is 10.0 Å². The predicted molar refractivity (Wildman–Crippen MR) is 96.6 cm³/mol. The van der Waals surface area contributed by atoms with Crippen LogP contribution >= 0.6 is 0 Å². The van der Waals surface area contributed by atoms with Gasteiger partial charge in [-0.25, -0.2) is 8.42 Å². The smallest absolute Gasteiger partial charge is 0.234 e. The Hall–Kier alpha value is -2.60. The molecule has 1 aromatic heterocycles. The van der Waals surface area contributed by atoms with Gasteiger partial charge in [0, 0.05) is 17.5 Å². The summed E-state index contributed by atoms with van der Waals surface area (Å²) < 4.78 is 31.4. The highest BCUT2D eigenvalue weighted by Crippen LogP contribution is 2.32. The Balaban J connectivity index is 1.70. The summed E-state index contributed by atoms with van der Waals surface area (Å²) in [7, 11) is -3.28. The van der Waals surface area contributed by atoms with Crippen molar-refractivity contribution in [1.82, 2.24) is 0 Å². The van der Waals surface area contributed by atoms with E-state index in [2.05, 4.69) is 0 Å². The van der Waals surface area contributed by atoms with Gasteiger partial charge in [0.25, 0.3) is 0 Å². The molecule has 25 heavy (non-hydrogen) atoms. The van der Waals surface area contributed by atoms with E-state index in [1.807, 2.05) is 24.3 Å². The first-order chi connectivity index (χ1) is 12.0. The molecule has 0 atom stereocenters. The molecule has 0 bridgehead atoms. The number of sulfonamides is 1. The number of carbonyl (C=O) groups excluding carboxylic acids is 1. The molecule has 3 aromatic rings. The van der Waals surface area contributed by atoms with E-state index in [0.29, 0.717) is 29.8 Å². The molecule has 0 saturated carbocycles. The minimum absolute atomic E-state index is 0.0616. The molecule has 0 amide bonds. The molecular weight excluding hydrogens is 338 g/mol. The van der Waals surface area contributed by atoms with E-state index >= 15 is 0 Å². The van der Waals surface area contributed by atoms with Crippen LogP contribution in [0.15, 0.2) is 52.9 Å². The second kappa shape index (κ2) is 5.74. The lowest BCUT2D eigenvalue weighted by Gasteiger charge is -2.18. The summed E-state index contributed by atoms with van der Waals surface area (Å²) in [4.78, 5) is 12.7. The number of ketones is 1. The minimum Gasteiger partial charge on any atom is -0.453 e. The number of anilines is 1. The van der Waals surface area contributed by atoms with Crippen LogP contribution in [0.25, 0.3) is 11.0 Å². The number of para-hydroxylation sites is 1. The third-order valence-electron chi connectivity index (χ3n) is 4.54. The Morgan fingerprint density at radius 1 is 1.16 bits per heavy atom. The maximum atomic E-state index is 12.7. The molecule has 1 aliphatic heterocycles. The normalized spacial score (nSPS) is 14.0. The second-order valence-electron chi connectivity index (χ2n) is 6.04. The van der Waals surface area contributed by atoms with Crippen LogP contribution < -0.4 is 4.31 Å². The first-order valence-electron chi connectivity index (χ1n) is 8.16. The number of rotatable bonds is 4. The van der Waals surface area contributed by atoms with Crippen molar-refractivity contribution in [1.29, 1.82) is 0 Å². The molecule has 2 heterocycles. The van der Waals surface area contributed by atoms with Crippen LogP contribution in [0.5, 0.6) is 0 Å². The fraction of sp³-hybridized carbons (Fsp3) is 0.211. The molecule has 0 saturated heterocycles. The van der Waals surface area contributed by atoms with Crippen LogP contribution in [0.2, 0.25) is 0 Å². The molecule has 4 rings (SSSR count). The first kappa shape index (κ1) is 15.9. The summed E-state index contributed by atoms with van der Waals surface area (Å²) in [5.74, 6) is 0.152. The van der Waals surface area contributed by atoms with E-state index in [-0.39, 0.29) is 17.3 Å². The highest BCUT2D eigenvalue weighted by molar-refractivity contribution is 7.92. The summed E-state index contributed by atoms with van der Waals surface area (Å²) in [5, 5.41) is 0.882. The largest absolute Gasteiger partial charge is 0.453 e. The van der Waals surface area contributed by atoms with Crippen molar-refractivity contribution in [2.45, 2.75) is 13.3 Å². The lowest BCUT2D eigenvalue weighted by molar-refractivity contribution is 0.101. The standard InChI is InChI=1S/C19H17NO4S/c1-2-25(22,23)20-10-9-13-11-15(7-8-16(13)20)19(21)18-12-14-5-3-4-6-17(14)24-18/h3-8,11-12H,2,9-10H2,1H3. The van der Waals surface area contributed by atoms with E-state index in [4.69, 9.17) is 4.42 Å². The zero-order valence-corrected chi connectivity index (χ0v) is 14.5. The van der Waals surface area contributed by atoms with Gasteiger partial charge in [-0.15, -0.1) is 0 Å². The second-order valence-corrected chi connectivity index (χ2v) is 8.23. The van der Waals surface area contributed by atoms with Crippen LogP contribution in [0.3, 0.4) is 0 Å². The Bertz CT molecular complexity index is 1050. The molecule has 0 spiro atoms. The van der Waals surface area contributed by atoms with Crippen LogP contribution in [-0.4, -0.2) is 26.5 Å². The van der Waals surface area contributed by atoms with Gasteiger partial charge < -0.3 is 4.42 Å². The molecule has 0 N–H and O–H groups in total. The molecule has 0 unspecified atom stereocenters. The Labute approximate surface area is 145 Å². The Morgan fingerprint density at radius 2 is 1.96 bits per heavy atom. The molecule has 0 radical (unpaired) electrons. The van der Waals surface area contributed by atoms with Gasteiger partial charge in [0.2, 0.25) is 15.8 Å². The monoisotopic (exact) mass is 355 g/mol. The van der Waals surface area contributed by atoms with Crippen LogP contribution in [-0.2, 0) is 16.4 Å². The van der Waals surface area contributed by atoms with E-state index in [1.165, 1.54) is 4.31 Å². The van der Waals surface area contributed by atoms with E-state index in [1.54, 1.807) is 31.2 Å². The van der Waals surface area contributed by atoms with Gasteiger partial charge in [-0.2, -0.15) is 0 Å². The van der Waals surface area contributed by atoms with Crippen molar-refractivity contribution in [3.05, 3.63) is 65.4 Å². The average molecular weight is 355 g/mol. The third-order valence-corrected chi connectivity index (χ3v) is 6.32. The minimum atomic E-state index is -3.28. The quantitative estimate of drug-likeness (QED) is 0.673. The molecule has 6 heteroatoms. The van der Waals surface area contributed by atoms with Crippen LogP contribution in [0.4, 0.5) is 5.69 Å². The molecular formula is C19H17NO4S. The number of carbonyl (C=O) groups is 1. The highest BCUT2D eigenvalue weighted by atomic mass is 32.2. The fourth-order valence-corrected chi connectivity index (χ4v) is 4.35. The van der Waals surface area contributed by atoms with Gasteiger partial charge in [-0.1, -0.05) is 18.2 Å². The summed E-state index contributed by atoms with van der Waals surface area (Å²) in [6, 6.07) is 14.4. The average Bonchev–Trinajstić information content (AvgIpc) is 3.24. The summed E-state index contributed by atoms with van der Waals surface area (Å²) >= 11 is 0. The zero-order valence-electron chi connectivity index (χ0n) is 13.7. The van der Waals surface area contributed by atoms with Gasteiger partial charge in [0.15, 0.2) is 5.76 Å². The number of furan rings is 1. The molecule has 2 aromatic carbocycles. The predicted octanol–water partition coefficient (Wildman–Crippen LogP) is 3.38. The van der Waals surface area contributed by atoms with Crippen LogP contribution in [0.1, 0.15) is 28.6 Å². The topological polar surface area (TPSA) is 67.6 Å². The maximum Gasteiger partial charge on any atom is 0.234 e. The van der Waals surface area contributed by atoms with E-state index in [0.717, 1.165) is 10.9 Å². The first-order valence-corrected chi connectivity index (χ1v) is 9.77. The van der Waals surface area contributed by atoms with Crippen molar-refractivity contribution in [2.24, 2.45) is 0 Å². The highest BCUT2D eigenvalue weighted by Gasteiger charge is 2.29. The molecule has 5 nitrogen and oxygen atoms in total. The molecule has 1 aliphatic rings. The van der Waals surface area contributed by atoms with Crippen molar-refractivity contribution < 1.29 is 17.6 Å². The molecule has 0 aliphatic carbocycles. The van der Waals surface area contributed by atoms with Crippen molar-refractivity contribution in [2.75, 3.05) is 16.6 Å². The molecule has 128 valence electrons. The zero-order chi connectivity index (χ0) is 17.6. The fourth-order valence-electron chi connectivity index (χ4n) is 3.19. The Kier molecular flexibility index (Phi) is 3.65. The van der Waals surface area contributed by atoms with Crippen molar-refractivity contribution in [3.8, 4) is 0 Å². The third kappa shape index (κ3) is 2.62. The van der Waals surface area contributed by atoms with Gasteiger partial charge in [0.05, 0.1) is 11.4 Å². The van der Waals surface area contributed by atoms with Crippen molar-refractivity contribution in [3.63, 3.8) is 0 Å². The number of fused-ring (bicyclic) bond motifs is 2. The van der Waals surface area contributed by atoms with Gasteiger partial charge >= 0.3 is 0 Å². The lowest BCUT2D eigenvalue weighted by Crippen LogP contribution is -2.30. The van der Waals surface area contributed by atoms with E-state index in [9.17, 15) is 13.2 Å². The SMILES string of the molecule is CCS(=O)(=O)N1CCc2cc(C(=O)c3cc4ccccc4o3)ccc21. The summed E-state index contributed by atoms with van der Waals surface area (Å²) in [5.41, 5.74) is 2.72. The lowest BCUT2D eigenvalue weighted by atomic mass is 10.0. The number of hydrogen-bond acceptors (Lipinski definition) is 4. The Morgan fingerprint density at radius 3 is 2.72 bits per heavy atom. The number of benzene rings is 2. The molecule has 0 fully saturated rings.